The summed E-state index contributed by atoms with van der Waals surface area (Å²) in [5.74, 6) is -0.212. The molecule has 0 aromatic heterocycles. The molecule has 2 unspecified atom stereocenters. The number of hydrogen-bond acceptors (Lipinski definition) is 3. The minimum absolute atomic E-state index is 0.000583. The van der Waals surface area contributed by atoms with Gasteiger partial charge in [-0.15, -0.1) is 0 Å². The van der Waals surface area contributed by atoms with Crippen molar-refractivity contribution in [1.82, 2.24) is 5.32 Å². The van der Waals surface area contributed by atoms with Crippen LogP contribution in [0, 0.1) is 11.8 Å². The molecule has 1 aliphatic carbocycles. The summed E-state index contributed by atoms with van der Waals surface area (Å²) >= 11 is 0. The van der Waals surface area contributed by atoms with E-state index in [1.54, 1.807) is 0 Å². The fraction of sp³-hybridized carbons (Fsp3) is 0.875. The second-order valence-electron chi connectivity index (χ2n) is 6.63. The third kappa shape index (κ3) is 4.43. The maximum absolute atomic E-state index is 12.5. The van der Waals surface area contributed by atoms with Crippen molar-refractivity contribution in [3.63, 3.8) is 0 Å². The Labute approximate surface area is 126 Å². The number of carboxylic acid groups (broad SMARTS) is 1. The van der Waals surface area contributed by atoms with Gasteiger partial charge >= 0.3 is 5.97 Å². The van der Waals surface area contributed by atoms with Gasteiger partial charge in [0.05, 0.1) is 18.6 Å². The van der Waals surface area contributed by atoms with E-state index < -0.39 is 11.5 Å². The van der Waals surface area contributed by atoms with Crippen LogP contribution in [0.5, 0.6) is 0 Å². The van der Waals surface area contributed by atoms with Gasteiger partial charge in [0.25, 0.3) is 0 Å². The lowest BCUT2D eigenvalue weighted by atomic mass is 9.88. The summed E-state index contributed by atoms with van der Waals surface area (Å²) in [6.45, 7) is 2.87. The van der Waals surface area contributed by atoms with Crippen LogP contribution >= 0.6 is 0 Å². The molecule has 0 radical (unpaired) electrons. The van der Waals surface area contributed by atoms with Gasteiger partial charge in [0.1, 0.15) is 0 Å². The first-order chi connectivity index (χ1) is 10.0. The van der Waals surface area contributed by atoms with Crippen LogP contribution < -0.4 is 5.32 Å². The standard InChI is InChI=1S/C16H27NO4/c1-2-13(9-12-5-3-4-6-12)15(20)17-16(10-14(18)19)7-8-21-11-16/h12-13H,2-11H2,1H3,(H,17,20)(H,18,19). The molecule has 1 heterocycles. The van der Waals surface area contributed by atoms with Crippen molar-refractivity contribution in [1.29, 1.82) is 0 Å². The smallest absolute Gasteiger partial charge is 0.305 e. The Balaban J connectivity index is 1.94. The summed E-state index contributed by atoms with van der Waals surface area (Å²) in [6, 6.07) is 0. The van der Waals surface area contributed by atoms with Crippen LogP contribution in [0.4, 0.5) is 0 Å². The van der Waals surface area contributed by atoms with E-state index in [0.29, 0.717) is 25.6 Å². The van der Waals surface area contributed by atoms with E-state index in [4.69, 9.17) is 9.84 Å². The first kappa shape index (κ1) is 16.3. The quantitative estimate of drug-likeness (QED) is 0.756. The van der Waals surface area contributed by atoms with E-state index in [0.717, 1.165) is 12.8 Å². The molecule has 2 fully saturated rings. The van der Waals surface area contributed by atoms with Crippen molar-refractivity contribution in [3.05, 3.63) is 0 Å². The molecule has 1 aliphatic heterocycles. The van der Waals surface area contributed by atoms with E-state index in [2.05, 4.69) is 5.32 Å². The molecule has 1 saturated carbocycles. The highest BCUT2D eigenvalue weighted by molar-refractivity contribution is 5.80. The Hall–Kier alpha value is -1.10. The van der Waals surface area contributed by atoms with Crippen LogP contribution in [0.2, 0.25) is 0 Å². The molecule has 120 valence electrons. The molecule has 0 aromatic carbocycles. The van der Waals surface area contributed by atoms with Crippen LogP contribution in [-0.2, 0) is 14.3 Å². The SMILES string of the molecule is CCC(CC1CCCC1)C(=O)NC1(CC(=O)O)CCOC1. The molecule has 5 nitrogen and oxygen atoms in total. The lowest BCUT2D eigenvalue weighted by Gasteiger charge is -2.30. The van der Waals surface area contributed by atoms with Crippen LogP contribution in [0.25, 0.3) is 0 Å². The highest BCUT2D eigenvalue weighted by Gasteiger charge is 2.40. The monoisotopic (exact) mass is 297 g/mol. The molecule has 2 N–H and O–H groups in total. The topological polar surface area (TPSA) is 75.6 Å². The van der Waals surface area contributed by atoms with Crippen LogP contribution in [0.1, 0.15) is 58.3 Å². The van der Waals surface area contributed by atoms with Crippen molar-refractivity contribution in [3.8, 4) is 0 Å². The second-order valence-corrected chi connectivity index (χ2v) is 6.63. The van der Waals surface area contributed by atoms with Crippen molar-refractivity contribution in [2.24, 2.45) is 11.8 Å². The first-order valence-electron chi connectivity index (χ1n) is 8.16. The average Bonchev–Trinajstić information content (AvgIpc) is 3.07. The number of nitrogens with one attached hydrogen (secondary N) is 1. The van der Waals surface area contributed by atoms with E-state index in [1.807, 2.05) is 6.92 Å². The minimum atomic E-state index is -0.885. The Morgan fingerprint density at radius 3 is 2.62 bits per heavy atom. The number of carboxylic acids is 1. The van der Waals surface area contributed by atoms with Crippen LogP contribution in [0.3, 0.4) is 0 Å². The van der Waals surface area contributed by atoms with Crippen LogP contribution in [-0.4, -0.2) is 35.7 Å². The van der Waals surface area contributed by atoms with Gasteiger partial charge in [-0.05, 0) is 25.2 Å². The van der Waals surface area contributed by atoms with E-state index in [-0.39, 0.29) is 18.2 Å². The fourth-order valence-electron chi connectivity index (χ4n) is 3.65. The Morgan fingerprint density at radius 1 is 1.38 bits per heavy atom. The summed E-state index contributed by atoms with van der Waals surface area (Å²) in [4.78, 5) is 23.6. The summed E-state index contributed by atoms with van der Waals surface area (Å²) in [7, 11) is 0. The summed E-state index contributed by atoms with van der Waals surface area (Å²) in [5.41, 5.74) is -0.702. The van der Waals surface area contributed by atoms with Gasteiger partial charge < -0.3 is 15.2 Å². The van der Waals surface area contributed by atoms with Crippen molar-refractivity contribution in [2.45, 2.75) is 63.8 Å². The van der Waals surface area contributed by atoms with Crippen molar-refractivity contribution in [2.75, 3.05) is 13.2 Å². The summed E-state index contributed by atoms with van der Waals surface area (Å²) < 4.78 is 5.33. The Morgan fingerprint density at radius 2 is 2.10 bits per heavy atom. The fourth-order valence-corrected chi connectivity index (χ4v) is 3.65. The molecule has 0 aromatic rings. The van der Waals surface area contributed by atoms with Gasteiger partial charge in [-0.3, -0.25) is 9.59 Å². The number of ether oxygens (including phenoxy) is 1. The largest absolute Gasteiger partial charge is 0.481 e. The number of aliphatic carboxylic acids is 1. The number of amides is 1. The zero-order valence-corrected chi connectivity index (χ0v) is 12.9. The minimum Gasteiger partial charge on any atom is -0.481 e. The number of rotatable bonds is 7. The molecule has 1 saturated heterocycles. The highest BCUT2D eigenvalue weighted by Crippen LogP contribution is 2.32. The summed E-state index contributed by atoms with van der Waals surface area (Å²) in [5, 5.41) is 12.1. The zero-order valence-electron chi connectivity index (χ0n) is 12.9. The Kier molecular flexibility index (Phi) is 5.62. The predicted octanol–water partition coefficient (Wildman–Crippen LogP) is 2.34. The zero-order chi connectivity index (χ0) is 15.3. The van der Waals surface area contributed by atoms with Gasteiger partial charge in [-0.25, -0.2) is 0 Å². The molecule has 5 heteroatoms. The van der Waals surface area contributed by atoms with Gasteiger partial charge in [0.15, 0.2) is 0 Å². The maximum Gasteiger partial charge on any atom is 0.305 e. The third-order valence-electron chi connectivity index (χ3n) is 4.94. The molecule has 0 spiro atoms. The van der Waals surface area contributed by atoms with Gasteiger partial charge in [-0.1, -0.05) is 32.6 Å². The lowest BCUT2D eigenvalue weighted by molar-refractivity contribution is -0.139. The third-order valence-corrected chi connectivity index (χ3v) is 4.94. The molecule has 21 heavy (non-hydrogen) atoms. The molecule has 1 amide bonds. The predicted molar refractivity (Wildman–Crippen MR) is 78.9 cm³/mol. The van der Waals surface area contributed by atoms with Crippen molar-refractivity contribution >= 4 is 11.9 Å². The molecule has 2 atom stereocenters. The normalized spacial score (nSPS) is 27.7. The van der Waals surface area contributed by atoms with Crippen molar-refractivity contribution < 1.29 is 19.4 Å². The van der Waals surface area contributed by atoms with E-state index in [9.17, 15) is 9.59 Å². The number of carbonyl (C=O) groups is 2. The van der Waals surface area contributed by atoms with E-state index >= 15 is 0 Å². The average molecular weight is 297 g/mol. The van der Waals surface area contributed by atoms with Gasteiger partial charge in [0.2, 0.25) is 5.91 Å². The number of carbonyl (C=O) groups excluding carboxylic acids is 1. The Bertz CT molecular complexity index is 370. The molecular formula is C16H27NO4. The molecule has 2 aliphatic rings. The maximum atomic E-state index is 12.5. The molecular weight excluding hydrogens is 270 g/mol. The highest BCUT2D eigenvalue weighted by atomic mass is 16.5. The first-order valence-corrected chi connectivity index (χ1v) is 8.16. The second kappa shape index (κ2) is 7.25. The lowest BCUT2D eigenvalue weighted by Crippen LogP contribution is -2.52. The molecule has 2 rings (SSSR count). The number of hydrogen-bond donors (Lipinski definition) is 2. The molecule has 0 bridgehead atoms. The van der Waals surface area contributed by atoms with Gasteiger partial charge in [0, 0.05) is 12.5 Å². The van der Waals surface area contributed by atoms with E-state index in [1.165, 1.54) is 25.7 Å². The van der Waals surface area contributed by atoms with Gasteiger partial charge in [-0.2, -0.15) is 0 Å². The summed E-state index contributed by atoms with van der Waals surface area (Å²) in [6.07, 6.45) is 7.29. The van der Waals surface area contributed by atoms with Crippen LogP contribution in [0.15, 0.2) is 0 Å².